The van der Waals surface area contributed by atoms with Crippen LogP contribution < -0.4 is 9.47 Å². The first-order valence-corrected chi connectivity index (χ1v) is 11.6. The molecule has 1 heterocycles. The highest BCUT2D eigenvalue weighted by Gasteiger charge is 2.24. The molecule has 1 aliphatic heterocycles. The maximum Gasteiger partial charge on any atom is 0.363 e. The van der Waals surface area contributed by atoms with Crippen LogP contribution in [0.1, 0.15) is 34.0 Å². The molecule has 4 aromatic carbocycles. The van der Waals surface area contributed by atoms with E-state index in [9.17, 15) is 9.59 Å². The smallest absolute Gasteiger partial charge is 0.363 e. The SMILES string of the molecule is CCOc1cc(C=C2N=C(c3ccc(C)cc3)OC2=O)ccc1OC(=O)c1cccc2ccccc12. The van der Waals surface area contributed by atoms with Crippen molar-refractivity contribution in [2.45, 2.75) is 13.8 Å². The third-order valence-electron chi connectivity index (χ3n) is 5.70. The Hall–Kier alpha value is -4.71. The van der Waals surface area contributed by atoms with Crippen LogP contribution in [0.25, 0.3) is 16.8 Å². The Morgan fingerprint density at radius 1 is 0.944 bits per heavy atom. The Labute approximate surface area is 208 Å². The molecular weight excluding hydrogens is 454 g/mol. The molecule has 36 heavy (non-hydrogen) atoms. The van der Waals surface area contributed by atoms with Crippen LogP contribution in [0, 0.1) is 6.92 Å². The van der Waals surface area contributed by atoms with Gasteiger partial charge in [-0.05, 0) is 66.6 Å². The molecule has 0 bridgehead atoms. The Kier molecular flexibility index (Phi) is 6.33. The van der Waals surface area contributed by atoms with Crippen molar-refractivity contribution in [3.05, 3.63) is 113 Å². The Balaban J connectivity index is 1.42. The first kappa shape index (κ1) is 23.1. The molecule has 0 atom stereocenters. The van der Waals surface area contributed by atoms with E-state index in [0.717, 1.165) is 21.9 Å². The van der Waals surface area contributed by atoms with Crippen molar-refractivity contribution in [3.8, 4) is 11.5 Å². The molecule has 0 fully saturated rings. The molecule has 178 valence electrons. The average molecular weight is 478 g/mol. The number of carbonyl (C=O) groups excluding carboxylic acids is 2. The molecule has 4 aromatic rings. The lowest BCUT2D eigenvalue weighted by molar-refractivity contribution is -0.129. The fourth-order valence-corrected chi connectivity index (χ4v) is 3.91. The van der Waals surface area contributed by atoms with Crippen LogP contribution in [0.5, 0.6) is 11.5 Å². The van der Waals surface area contributed by atoms with Crippen molar-refractivity contribution in [1.29, 1.82) is 0 Å². The van der Waals surface area contributed by atoms with Gasteiger partial charge in [0.2, 0.25) is 5.90 Å². The van der Waals surface area contributed by atoms with Gasteiger partial charge in [-0.2, -0.15) is 0 Å². The van der Waals surface area contributed by atoms with Crippen molar-refractivity contribution < 1.29 is 23.8 Å². The fraction of sp³-hybridized carbons (Fsp3) is 0.100. The summed E-state index contributed by atoms with van der Waals surface area (Å²) >= 11 is 0. The van der Waals surface area contributed by atoms with Gasteiger partial charge in [0, 0.05) is 5.56 Å². The summed E-state index contributed by atoms with van der Waals surface area (Å²) in [7, 11) is 0. The third kappa shape index (κ3) is 4.74. The number of aryl methyl sites for hydroxylation is 1. The quantitative estimate of drug-likeness (QED) is 0.190. The lowest BCUT2D eigenvalue weighted by Crippen LogP contribution is -2.10. The zero-order chi connectivity index (χ0) is 25.1. The zero-order valence-electron chi connectivity index (χ0n) is 19.9. The van der Waals surface area contributed by atoms with E-state index >= 15 is 0 Å². The molecule has 1 aliphatic rings. The van der Waals surface area contributed by atoms with Gasteiger partial charge in [0.15, 0.2) is 17.2 Å². The third-order valence-corrected chi connectivity index (χ3v) is 5.70. The van der Waals surface area contributed by atoms with Gasteiger partial charge < -0.3 is 14.2 Å². The lowest BCUT2D eigenvalue weighted by Gasteiger charge is -2.12. The molecular formula is C30H23NO5. The predicted molar refractivity (Wildman–Crippen MR) is 138 cm³/mol. The number of carbonyl (C=O) groups is 2. The second kappa shape index (κ2) is 9.88. The number of cyclic esters (lactones) is 1. The van der Waals surface area contributed by atoms with Crippen molar-refractivity contribution in [2.24, 2.45) is 4.99 Å². The molecule has 0 spiro atoms. The highest BCUT2D eigenvalue weighted by atomic mass is 16.6. The second-order valence-electron chi connectivity index (χ2n) is 8.26. The fourth-order valence-electron chi connectivity index (χ4n) is 3.91. The van der Waals surface area contributed by atoms with E-state index < -0.39 is 11.9 Å². The van der Waals surface area contributed by atoms with Crippen LogP contribution in [-0.4, -0.2) is 24.4 Å². The van der Waals surface area contributed by atoms with Crippen LogP contribution in [0.2, 0.25) is 0 Å². The van der Waals surface area contributed by atoms with Crippen LogP contribution in [0.3, 0.4) is 0 Å². The maximum absolute atomic E-state index is 13.0. The van der Waals surface area contributed by atoms with E-state index in [2.05, 4.69) is 4.99 Å². The lowest BCUT2D eigenvalue weighted by atomic mass is 10.0. The summed E-state index contributed by atoms with van der Waals surface area (Å²) < 4.78 is 16.8. The highest BCUT2D eigenvalue weighted by Crippen LogP contribution is 2.31. The maximum atomic E-state index is 13.0. The van der Waals surface area contributed by atoms with Crippen LogP contribution in [0.15, 0.2) is 95.6 Å². The first-order valence-electron chi connectivity index (χ1n) is 11.6. The van der Waals surface area contributed by atoms with Crippen LogP contribution in [-0.2, 0) is 9.53 Å². The largest absolute Gasteiger partial charge is 0.490 e. The minimum atomic E-state index is -0.532. The minimum absolute atomic E-state index is 0.175. The van der Waals surface area contributed by atoms with Gasteiger partial charge in [-0.25, -0.2) is 14.6 Å². The molecule has 0 aromatic heterocycles. The van der Waals surface area contributed by atoms with Gasteiger partial charge in [-0.1, -0.05) is 60.2 Å². The number of hydrogen-bond acceptors (Lipinski definition) is 6. The Bertz CT molecular complexity index is 1530. The van der Waals surface area contributed by atoms with Crippen LogP contribution in [0.4, 0.5) is 0 Å². The van der Waals surface area contributed by atoms with Gasteiger partial charge in [0.1, 0.15) is 0 Å². The van der Waals surface area contributed by atoms with Gasteiger partial charge in [0.05, 0.1) is 12.2 Å². The monoisotopic (exact) mass is 477 g/mol. The first-order chi connectivity index (χ1) is 17.5. The highest BCUT2D eigenvalue weighted by molar-refractivity contribution is 6.13. The van der Waals surface area contributed by atoms with E-state index in [1.54, 1.807) is 30.3 Å². The predicted octanol–water partition coefficient (Wildman–Crippen LogP) is 6.11. The van der Waals surface area contributed by atoms with Gasteiger partial charge >= 0.3 is 11.9 Å². The number of esters is 2. The number of ether oxygens (including phenoxy) is 3. The molecule has 5 rings (SSSR count). The van der Waals surface area contributed by atoms with E-state index in [-0.39, 0.29) is 17.3 Å². The molecule has 0 amide bonds. The number of nitrogens with zero attached hydrogens (tertiary/aromatic N) is 1. The number of benzene rings is 4. The van der Waals surface area contributed by atoms with Gasteiger partial charge in [0.25, 0.3) is 0 Å². The van der Waals surface area contributed by atoms with Crippen molar-refractivity contribution in [1.82, 2.24) is 0 Å². The number of fused-ring (bicyclic) bond motifs is 1. The summed E-state index contributed by atoms with van der Waals surface area (Å²) in [4.78, 5) is 29.8. The molecule has 6 heteroatoms. The second-order valence-corrected chi connectivity index (χ2v) is 8.26. The van der Waals surface area contributed by atoms with E-state index in [1.807, 2.05) is 74.5 Å². The molecule has 0 saturated heterocycles. The van der Waals surface area contributed by atoms with Crippen molar-refractivity contribution in [3.63, 3.8) is 0 Å². The molecule has 0 radical (unpaired) electrons. The number of rotatable bonds is 6. The summed E-state index contributed by atoms with van der Waals surface area (Å²) in [5.41, 5.74) is 3.12. The van der Waals surface area contributed by atoms with E-state index in [4.69, 9.17) is 14.2 Å². The Morgan fingerprint density at radius 3 is 2.53 bits per heavy atom. The normalized spacial score (nSPS) is 14.0. The summed E-state index contributed by atoms with van der Waals surface area (Å²) in [6.07, 6.45) is 1.61. The summed E-state index contributed by atoms with van der Waals surface area (Å²) in [6.45, 7) is 4.20. The number of hydrogen-bond donors (Lipinski definition) is 0. The summed E-state index contributed by atoms with van der Waals surface area (Å²) in [6, 6.07) is 25.8. The molecule has 0 aliphatic carbocycles. The Morgan fingerprint density at radius 2 is 1.72 bits per heavy atom. The molecule has 6 nitrogen and oxygen atoms in total. The van der Waals surface area contributed by atoms with E-state index in [0.29, 0.717) is 23.5 Å². The van der Waals surface area contributed by atoms with E-state index in [1.165, 1.54) is 0 Å². The summed E-state index contributed by atoms with van der Waals surface area (Å²) in [5.74, 6) is -0.0817. The average Bonchev–Trinajstić information content (AvgIpc) is 3.25. The molecule has 0 unspecified atom stereocenters. The molecule has 0 saturated carbocycles. The van der Waals surface area contributed by atoms with Crippen LogP contribution >= 0.6 is 0 Å². The van der Waals surface area contributed by atoms with Crippen molar-refractivity contribution >= 4 is 34.7 Å². The van der Waals surface area contributed by atoms with Gasteiger partial charge in [-0.15, -0.1) is 0 Å². The zero-order valence-corrected chi connectivity index (χ0v) is 19.9. The standard InChI is InChI=1S/C30H23NO5/c1-3-34-27-18-20(17-25-30(33)36-28(31-25)22-14-11-19(2)12-15-22)13-16-26(27)35-29(32)24-10-6-8-21-7-4-5-9-23(21)24/h4-18H,3H2,1-2H3. The molecule has 0 N–H and O–H groups in total. The van der Waals surface area contributed by atoms with Gasteiger partial charge in [-0.3, -0.25) is 0 Å². The number of aliphatic imine (C=N–C) groups is 1. The van der Waals surface area contributed by atoms with Crippen molar-refractivity contribution in [2.75, 3.05) is 6.61 Å². The summed E-state index contributed by atoms with van der Waals surface area (Å²) in [5, 5.41) is 1.76. The minimum Gasteiger partial charge on any atom is -0.490 e. The topological polar surface area (TPSA) is 74.2 Å².